The number of fused-ring (bicyclic) bond motifs is 1. The zero-order valence-corrected chi connectivity index (χ0v) is 16.8. The minimum atomic E-state index is -0.130. The van der Waals surface area contributed by atoms with E-state index in [1.54, 1.807) is 0 Å². The molecule has 2 aliphatic rings. The quantitative estimate of drug-likeness (QED) is 0.804. The molecule has 3 rings (SSSR count). The third kappa shape index (κ3) is 4.20. The number of allylic oxidation sites excluding steroid dienone is 2. The lowest BCUT2D eigenvalue weighted by molar-refractivity contribution is -0.132. The van der Waals surface area contributed by atoms with Crippen LogP contribution in [0.1, 0.15) is 65.4 Å². The number of rotatable bonds is 6. The van der Waals surface area contributed by atoms with Gasteiger partial charge in [-0.25, -0.2) is 0 Å². The predicted molar refractivity (Wildman–Crippen MR) is 108 cm³/mol. The Morgan fingerprint density at radius 1 is 1.19 bits per heavy atom. The van der Waals surface area contributed by atoms with Gasteiger partial charge >= 0.3 is 0 Å². The highest BCUT2D eigenvalue weighted by Gasteiger charge is 2.44. The van der Waals surface area contributed by atoms with Gasteiger partial charge in [-0.3, -0.25) is 4.79 Å². The van der Waals surface area contributed by atoms with Crippen LogP contribution in [0, 0.1) is 5.92 Å². The number of nitrogens with one attached hydrogen (secondary N) is 1. The lowest BCUT2D eigenvalue weighted by Gasteiger charge is -2.30. The van der Waals surface area contributed by atoms with Gasteiger partial charge in [0, 0.05) is 17.8 Å². The van der Waals surface area contributed by atoms with Crippen LogP contribution < -0.4 is 5.32 Å². The summed E-state index contributed by atoms with van der Waals surface area (Å²) in [6.07, 6.45) is 6.90. The highest BCUT2D eigenvalue weighted by atomic mass is 16.2. The lowest BCUT2D eigenvalue weighted by Crippen LogP contribution is -2.49. The summed E-state index contributed by atoms with van der Waals surface area (Å²) in [6, 6.07) is 11.2. The third-order valence-corrected chi connectivity index (χ3v) is 6.13. The molecule has 0 bridgehead atoms. The Bertz CT molecular complexity index is 647. The Balaban J connectivity index is 1.58. The zero-order chi connectivity index (χ0) is 18.7. The van der Waals surface area contributed by atoms with E-state index in [1.807, 2.05) is 6.92 Å². The van der Waals surface area contributed by atoms with Gasteiger partial charge in [-0.2, -0.15) is 0 Å². The van der Waals surface area contributed by atoms with Gasteiger partial charge in [-0.05, 0) is 71.3 Å². The van der Waals surface area contributed by atoms with Crippen molar-refractivity contribution >= 4 is 5.91 Å². The van der Waals surface area contributed by atoms with E-state index in [0.29, 0.717) is 18.0 Å². The van der Waals surface area contributed by atoms with Crippen molar-refractivity contribution in [1.29, 1.82) is 0 Å². The van der Waals surface area contributed by atoms with Gasteiger partial charge in [0.25, 0.3) is 0 Å². The van der Waals surface area contributed by atoms with Gasteiger partial charge in [0.05, 0.1) is 6.04 Å². The zero-order valence-electron chi connectivity index (χ0n) is 16.8. The van der Waals surface area contributed by atoms with E-state index in [0.717, 1.165) is 19.3 Å². The molecule has 0 radical (unpaired) electrons. The fourth-order valence-electron chi connectivity index (χ4n) is 4.70. The van der Waals surface area contributed by atoms with Crippen LogP contribution in [0.15, 0.2) is 41.6 Å². The molecule has 1 N–H and O–H groups in total. The maximum absolute atomic E-state index is 13.2. The molecule has 1 aromatic carbocycles. The summed E-state index contributed by atoms with van der Waals surface area (Å²) < 4.78 is 0. The normalized spacial score (nSPS) is 24.5. The molecule has 1 heterocycles. The molecule has 1 aliphatic heterocycles. The van der Waals surface area contributed by atoms with E-state index >= 15 is 0 Å². The number of hydrogen-bond donors (Lipinski definition) is 1. The van der Waals surface area contributed by atoms with E-state index in [9.17, 15) is 4.79 Å². The van der Waals surface area contributed by atoms with Crippen molar-refractivity contribution in [2.45, 2.75) is 84.3 Å². The Hall–Kier alpha value is -1.61. The average molecular weight is 355 g/mol. The second-order valence-electron chi connectivity index (χ2n) is 8.43. The molecular weight excluding hydrogens is 320 g/mol. The van der Waals surface area contributed by atoms with E-state index in [2.05, 4.69) is 61.3 Å². The first-order valence-electron chi connectivity index (χ1n) is 10.3. The number of nitrogens with zero attached hydrogens (tertiary/aromatic N) is 1. The number of amides is 1. The van der Waals surface area contributed by atoms with Crippen LogP contribution in [0.5, 0.6) is 0 Å². The van der Waals surface area contributed by atoms with Crippen LogP contribution >= 0.6 is 0 Å². The smallest absolute Gasteiger partial charge is 0.243 e. The minimum absolute atomic E-state index is 0.130. The Morgan fingerprint density at radius 2 is 1.92 bits per heavy atom. The Labute approximate surface area is 158 Å². The average Bonchev–Trinajstić information content (AvgIpc) is 3.21. The molecular formula is C23H34N2O. The van der Waals surface area contributed by atoms with Gasteiger partial charge in [0.1, 0.15) is 0 Å². The van der Waals surface area contributed by atoms with Crippen LogP contribution in [-0.4, -0.2) is 28.9 Å². The molecule has 3 heteroatoms. The molecule has 1 aliphatic carbocycles. The van der Waals surface area contributed by atoms with Crippen LogP contribution in [0.3, 0.4) is 0 Å². The second-order valence-corrected chi connectivity index (χ2v) is 8.43. The highest BCUT2D eigenvalue weighted by Crippen LogP contribution is 2.44. The third-order valence-electron chi connectivity index (χ3n) is 6.13. The lowest BCUT2D eigenvalue weighted by atomic mass is 10.0. The van der Waals surface area contributed by atoms with Crippen molar-refractivity contribution in [3.8, 4) is 0 Å². The van der Waals surface area contributed by atoms with Crippen molar-refractivity contribution in [2.75, 3.05) is 0 Å². The topological polar surface area (TPSA) is 32.3 Å². The number of carbonyl (C=O) groups is 1. The number of likely N-dealkylation sites (tertiary alicyclic amines) is 1. The van der Waals surface area contributed by atoms with Crippen LogP contribution in [0.2, 0.25) is 0 Å². The Kier molecular flexibility index (Phi) is 6.18. The summed E-state index contributed by atoms with van der Waals surface area (Å²) in [5, 5.41) is 3.55. The standard InChI is InChI=1S/C23H34N2O/c1-16(2)22-15-20-11-8-12-21(20)25(22)23(26)18(4)24-17(3)13-14-19-9-6-5-7-10-19/h5-7,9-10,17-18,20-21,24H,8,11-15H2,1-4H3/t17-,18+,20+,21?/m1/s1. The largest absolute Gasteiger partial charge is 0.312 e. The second kappa shape index (κ2) is 8.39. The fourth-order valence-corrected chi connectivity index (χ4v) is 4.70. The number of hydrogen-bond acceptors (Lipinski definition) is 2. The first-order chi connectivity index (χ1) is 12.5. The monoisotopic (exact) mass is 354 g/mol. The number of aryl methyl sites for hydroxylation is 1. The molecule has 142 valence electrons. The van der Waals surface area contributed by atoms with Crippen molar-refractivity contribution in [3.05, 3.63) is 47.2 Å². The molecule has 0 spiro atoms. The fraction of sp³-hybridized carbons (Fsp3) is 0.609. The summed E-state index contributed by atoms with van der Waals surface area (Å²) >= 11 is 0. The van der Waals surface area contributed by atoms with E-state index < -0.39 is 0 Å². The van der Waals surface area contributed by atoms with Crippen LogP contribution in [0.25, 0.3) is 0 Å². The van der Waals surface area contributed by atoms with E-state index in [1.165, 1.54) is 36.1 Å². The molecule has 2 fully saturated rings. The molecule has 1 unspecified atom stereocenters. The number of benzene rings is 1. The van der Waals surface area contributed by atoms with Crippen LogP contribution in [0.4, 0.5) is 0 Å². The van der Waals surface area contributed by atoms with Gasteiger partial charge in [0.15, 0.2) is 0 Å². The maximum Gasteiger partial charge on any atom is 0.243 e. The summed E-state index contributed by atoms with van der Waals surface area (Å²) in [6.45, 7) is 8.53. The van der Waals surface area contributed by atoms with E-state index in [4.69, 9.17) is 0 Å². The minimum Gasteiger partial charge on any atom is -0.312 e. The first kappa shape index (κ1) is 19.2. The van der Waals surface area contributed by atoms with Crippen molar-refractivity contribution in [3.63, 3.8) is 0 Å². The first-order valence-corrected chi connectivity index (χ1v) is 10.3. The van der Waals surface area contributed by atoms with Crippen LogP contribution in [-0.2, 0) is 11.2 Å². The van der Waals surface area contributed by atoms with Crippen molar-refractivity contribution in [1.82, 2.24) is 10.2 Å². The Morgan fingerprint density at radius 3 is 2.62 bits per heavy atom. The molecule has 1 saturated carbocycles. The van der Waals surface area contributed by atoms with Crippen molar-refractivity contribution < 1.29 is 4.79 Å². The van der Waals surface area contributed by atoms with Gasteiger partial charge < -0.3 is 10.2 Å². The highest BCUT2D eigenvalue weighted by molar-refractivity contribution is 5.84. The molecule has 1 aromatic rings. The van der Waals surface area contributed by atoms with Crippen molar-refractivity contribution in [2.24, 2.45) is 5.92 Å². The van der Waals surface area contributed by atoms with Gasteiger partial charge in [-0.15, -0.1) is 0 Å². The predicted octanol–water partition coefficient (Wildman–Crippen LogP) is 4.68. The number of carbonyl (C=O) groups excluding carboxylic acids is 1. The molecule has 3 nitrogen and oxygen atoms in total. The summed E-state index contributed by atoms with van der Waals surface area (Å²) in [5.74, 6) is 0.953. The SMILES string of the molecule is CC(C)=C1C[C@@H]2CCCC2N1C(=O)[C@H](C)N[C@H](C)CCc1ccccc1. The molecule has 0 aromatic heterocycles. The summed E-state index contributed by atoms with van der Waals surface area (Å²) in [7, 11) is 0. The van der Waals surface area contributed by atoms with Gasteiger partial charge in [0.2, 0.25) is 5.91 Å². The van der Waals surface area contributed by atoms with E-state index in [-0.39, 0.29) is 11.9 Å². The molecule has 1 saturated heterocycles. The summed E-state index contributed by atoms with van der Waals surface area (Å²) in [5.41, 5.74) is 3.95. The molecule has 1 amide bonds. The molecule has 26 heavy (non-hydrogen) atoms. The maximum atomic E-state index is 13.2. The molecule has 4 atom stereocenters. The van der Waals surface area contributed by atoms with Gasteiger partial charge in [-0.1, -0.05) is 42.3 Å². The summed E-state index contributed by atoms with van der Waals surface area (Å²) in [4.78, 5) is 15.4.